The average Bonchev–Trinajstić information content (AvgIpc) is 2.75. The minimum atomic E-state index is -3.76. The zero-order valence-electron chi connectivity index (χ0n) is 16.9. The van der Waals surface area contributed by atoms with Crippen molar-refractivity contribution in [3.8, 4) is 11.5 Å². The zero-order chi connectivity index (χ0) is 22.4. The minimum Gasteiger partial charge on any atom is -0.497 e. The van der Waals surface area contributed by atoms with Gasteiger partial charge in [0.1, 0.15) is 11.5 Å². The Bertz CT molecular complexity index is 1160. The molecule has 0 spiro atoms. The lowest BCUT2D eigenvalue weighted by Crippen LogP contribution is -2.20. The van der Waals surface area contributed by atoms with Crippen molar-refractivity contribution in [3.05, 3.63) is 76.8 Å². The number of hydrogen-bond donors (Lipinski definition) is 2. The summed E-state index contributed by atoms with van der Waals surface area (Å²) in [6, 6.07) is 17.8. The maximum atomic E-state index is 12.5. The molecule has 0 aromatic heterocycles. The number of carbonyl (C=O) groups is 1. The molecule has 2 N–H and O–H groups in total. The van der Waals surface area contributed by atoms with Gasteiger partial charge in [-0.2, -0.15) is 0 Å². The van der Waals surface area contributed by atoms with E-state index in [1.54, 1.807) is 30.3 Å². The van der Waals surface area contributed by atoms with E-state index in [1.165, 1.54) is 31.4 Å². The fourth-order valence-electron chi connectivity index (χ4n) is 2.64. The molecule has 162 valence electrons. The van der Waals surface area contributed by atoms with Crippen LogP contribution in [0.3, 0.4) is 0 Å². The molecule has 7 nitrogen and oxygen atoms in total. The Balaban J connectivity index is 1.58. The normalized spacial score (nSPS) is 10.9. The number of sulfonamides is 1. The van der Waals surface area contributed by atoms with Gasteiger partial charge in [-0.05, 0) is 79.2 Å². The molecule has 0 radical (unpaired) electrons. The first-order valence-electron chi connectivity index (χ1n) is 9.22. The number of benzene rings is 3. The van der Waals surface area contributed by atoms with Crippen LogP contribution < -0.4 is 19.5 Å². The molecule has 0 atom stereocenters. The highest BCUT2D eigenvalue weighted by Crippen LogP contribution is 2.22. The second-order valence-electron chi connectivity index (χ2n) is 6.61. The highest BCUT2D eigenvalue weighted by atomic mass is 79.9. The number of ether oxygens (including phenoxy) is 2. The third-order valence-electron chi connectivity index (χ3n) is 4.29. The van der Waals surface area contributed by atoms with Gasteiger partial charge in [0.15, 0.2) is 6.61 Å². The third kappa shape index (κ3) is 6.22. The highest BCUT2D eigenvalue weighted by molar-refractivity contribution is 9.10. The standard InChI is InChI=1S/C22H21BrN2O5S/c1-15-13-19(9-12-21(15)23)30-14-22(26)24-16-5-10-20(11-6-16)31(27,28)25-17-3-7-18(29-2)8-4-17/h3-13,25H,14H2,1-2H3,(H,24,26). The lowest BCUT2D eigenvalue weighted by molar-refractivity contribution is -0.118. The fourth-order valence-corrected chi connectivity index (χ4v) is 3.95. The lowest BCUT2D eigenvalue weighted by Gasteiger charge is -2.11. The number of methoxy groups -OCH3 is 1. The van der Waals surface area contributed by atoms with E-state index in [0.717, 1.165) is 10.0 Å². The molecule has 3 aromatic carbocycles. The molecular formula is C22H21BrN2O5S. The number of nitrogens with one attached hydrogen (secondary N) is 2. The molecule has 3 rings (SSSR count). The summed E-state index contributed by atoms with van der Waals surface area (Å²) in [5.41, 5.74) is 1.88. The van der Waals surface area contributed by atoms with E-state index >= 15 is 0 Å². The first-order chi connectivity index (χ1) is 14.8. The van der Waals surface area contributed by atoms with Crippen LogP contribution in [0.1, 0.15) is 5.56 Å². The Hall–Kier alpha value is -3.04. The number of amides is 1. The van der Waals surface area contributed by atoms with Gasteiger partial charge >= 0.3 is 0 Å². The molecule has 0 aliphatic carbocycles. The van der Waals surface area contributed by atoms with Crippen molar-refractivity contribution in [3.63, 3.8) is 0 Å². The van der Waals surface area contributed by atoms with Gasteiger partial charge in [-0.15, -0.1) is 0 Å². The number of carbonyl (C=O) groups excluding carboxylic acids is 1. The van der Waals surface area contributed by atoms with Crippen molar-refractivity contribution in [1.29, 1.82) is 0 Å². The van der Waals surface area contributed by atoms with Gasteiger partial charge in [0, 0.05) is 15.8 Å². The van der Waals surface area contributed by atoms with Crippen LogP contribution >= 0.6 is 15.9 Å². The maximum Gasteiger partial charge on any atom is 0.262 e. The Morgan fingerprint density at radius 3 is 2.16 bits per heavy atom. The molecule has 0 aliphatic rings. The monoisotopic (exact) mass is 504 g/mol. The van der Waals surface area contributed by atoms with E-state index in [1.807, 2.05) is 19.1 Å². The fraction of sp³-hybridized carbons (Fsp3) is 0.136. The number of hydrogen-bond acceptors (Lipinski definition) is 5. The minimum absolute atomic E-state index is 0.0721. The summed E-state index contributed by atoms with van der Waals surface area (Å²) in [5.74, 6) is 0.858. The van der Waals surface area contributed by atoms with Gasteiger partial charge in [0.05, 0.1) is 12.0 Å². The summed E-state index contributed by atoms with van der Waals surface area (Å²) < 4.78 is 39.1. The first-order valence-corrected chi connectivity index (χ1v) is 11.5. The van der Waals surface area contributed by atoms with Gasteiger partial charge in [-0.25, -0.2) is 8.42 Å². The number of rotatable bonds is 8. The molecule has 31 heavy (non-hydrogen) atoms. The SMILES string of the molecule is COc1ccc(NS(=O)(=O)c2ccc(NC(=O)COc3ccc(Br)c(C)c3)cc2)cc1. The summed E-state index contributed by atoms with van der Waals surface area (Å²) in [7, 11) is -2.23. The second-order valence-corrected chi connectivity index (χ2v) is 9.14. The van der Waals surface area contributed by atoms with Crippen molar-refractivity contribution in [2.45, 2.75) is 11.8 Å². The molecule has 0 saturated carbocycles. The van der Waals surface area contributed by atoms with E-state index in [-0.39, 0.29) is 17.4 Å². The molecule has 3 aromatic rings. The second kappa shape index (κ2) is 9.84. The molecule has 9 heteroatoms. The molecule has 0 heterocycles. The molecule has 0 saturated heterocycles. The molecule has 0 unspecified atom stereocenters. The van der Waals surface area contributed by atoms with Crippen molar-refractivity contribution in [1.82, 2.24) is 0 Å². The summed E-state index contributed by atoms with van der Waals surface area (Å²) in [6.07, 6.45) is 0. The van der Waals surface area contributed by atoms with Crippen LogP contribution in [0.2, 0.25) is 0 Å². The molecule has 0 bridgehead atoms. The average molecular weight is 505 g/mol. The maximum absolute atomic E-state index is 12.5. The largest absolute Gasteiger partial charge is 0.497 e. The van der Waals surface area contributed by atoms with E-state index in [2.05, 4.69) is 26.0 Å². The number of halogens is 1. The Labute approximate surface area is 189 Å². The highest BCUT2D eigenvalue weighted by Gasteiger charge is 2.14. The topological polar surface area (TPSA) is 93.7 Å². The molecule has 0 aliphatic heterocycles. The predicted molar refractivity (Wildman–Crippen MR) is 123 cm³/mol. The Morgan fingerprint density at radius 2 is 1.55 bits per heavy atom. The van der Waals surface area contributed by atoms with Crippen LogP contribution in [0.5, 0.6) is 11.5 Å². The van der Waals surface area contributed by atoms with Crippen molar-refractivity contribution in [2.24, 2.45) is 0 Å². The van der Waals surface area contributed by atoms with Crippen LogP contribution in [0, 0.1) is 6.92 Å². The number of anilines is 2. The van der Waals surface area contributed by atoms with Crippen LogP contribution in [0.4, 0.5) is 11.4 Å². The Kier molecular flexibility index (Phi) is 7.19. The summed E-state index contributed by atoms with van der Waals surface area (Å²) >= 11 is 3.41. The van der Waals surface area contributed by atoms with Gasteiger partial charge in [0.25, 0.3) is 15.9 Å². The first kappa shape index (κ1) is 22.6. The van der Waals surface area contributed by atoms with Crippen molar-refractivity contribution < 1.29 is 22.7 Å². The quantitative estimate of drug-likeness (QED) is 0.468. The van der Waals surface area contributed by atoms with Crippen LogP contribution in [-0.2, 0) is 14.8 Å². The Morgan fingerprint density at radius 1 is 0.935 bits per heavy atom. The van der Waals surface area contributed by atoms with E-state index in [0.29, 0.717) is 22.9 Å². The summed E-state index contributed by atoms with van der Waals surface area (Å²) in [4.78, 5) is 12.2. The molecular weight excluding hydrogens is 484 g/mol. The van der Waals surface area contributed by atoms with E-state index in [4.69, 9.17) is 9.47 Å². The van der Waals surface area contributed by atoms with Gasteiger partial charge in [-0.1, -0.05) is 15.9 Å². The van der Waals surface area contributed by atoms with E-state index < -0.39 is 10.0 Å². The lowest BCUT2D eigenvalue weighted by atomic mass is 10.2. The van der Waals surface area contributed by atoms with Gasteiger partial charge < -0.3 is 14.8 Å². The van der Waals surface area contributed by atoms with E-state index in [9.17, 15) is 13.2 Å². The van der Waals surface area contributed by atoms with Crippen molar-refractivity contribution >= 4 is 43.2 Å². The van der Waals surface area contributed by atoms with Gasteiger partial charge in [-0.3, -0.25) is 9.52 Å². The van der Waals surface area contributed by atoms with Crippen LogP contribution in [-0.4, -0.2) is 28.0 Å². The summed E-state index contributed by atoms with van der Waals surface area (Å²) in [6.45, 7) is 1.76. The van der Waals surface area contributed by atoms with Crippen molar-refractivity contribution in [2.75, 3.05) is 23.8 Å². The number of aryl methyl sites for hydroxylation is 1. The zero-order valence-corrected chi connectivity index (χ0v) is 19.3. The summed E-state index contributed by atoms with van der Waals surface area (Å²) in [5, 5.41) is 2.68. The molecule has 0 fully saturated rings. The smallest absolute Gasteiger partial charge is 0.262 e. The van der Waals surface area contributed by atoms with Crippen LogP contribution in [0.25, 0.3) is 0 Å². The van der Waals surface area contributed by atoms with Gasteiger partial charge in [0.2, 0.25) is 0 Å². The predicted octanol–water partition coefficient (Wildman–Crippen LogP) is 4.58. The molecule has 1 amide bonds. The third-order valence-corrected chi connectivity index (χ3v) is 6.58. The van der Waals surface area contributed by atoms with Crippen LogP contribution in [0.15, 0.2) is 76.1 Å².